The van der Waals surface area contributed by atoms with Crippen LogP contribution >= 0.6 is 0 Å². The number of rotatable bonds is 3. The fourth-order valence-electron chi connectivity index (χ4n) is 2.41. The second kappa shape index (κ2) is 5.82. The predicted molar refractivity (Wildman–Crippen MR) is 69.7 cm³/mol. The lowest BCUT2D eigenvalue weighted by atomic mass is 10.0. The zero-order chi connectivity index (χ0) is 13.0. The van der Waals surface area contributed by atoms with Crippen LogP contribution < -0.4 is 10.7 Å². The summed E-state index contributed by atoms with van der Waals surface area (Å²) in [7, 11) is 0. The molecule has 18 heavy (non-hydrogen) atoms. The highest BCUT2D eigenvalue weighted by Gasteiger charge is 2.25. The van der Waals surface area contributed by atoms with Crippen molar-refractivity contribution in [3.8, 4) is 0 Å². The Balaban J connectivity index is 2.19. The Morgan fingerprint density at radius 2 is 2.39 bits per heavy atom. The molecule has 0 aromatic carbocycles. The molecule has 1 aliphatic rings. The Morgan fingerprint density at radius 3 is 3.00 bits per heavy atom. The van der Waals surface area contributed by atoms with Gasteiger partial charge in [-0.3, -0.25) is 9.59 Å². The van der Waals surface area contributed by atoms with Gasteiger partial charge in [0.05, 0.1) is 0 Å². The van der Waals surface area contributed by atoms with Crippen LogP contribution in [0.15, 0.2) is 23.3 Å². The largest absolute Gasteiger partial charge is 0.367 e. The van der Waals surface area contributed by atoms with E-state index in [1.807, 2.05) is 6.92 Å². The van der Waals surface area contributed by atoms with Crippen LogP contribution in [0.25, 0.3) is 0 Å². The Labute approximate surface area is 106 Å². The molecule has 0 spiro atoms. The zero-order valence-corrected chi connectivity index (χ0v) is 10.6. The monoisotopic (exact) mass is 249 g/mol. The predicted octanol–water partition coefficient (Wildman–Crippen LogP) is 0.589. The minimum absolute atomic E-state index is 0.173. The third-order valence-electron chi connectivity index (χ3n) is 3.37. The average Bonchev–Trinajstić information content (AvgIpc) is 2.41. The smallest absolute Gasteiger partial charge is 0.259 e. The van der Waals surface area contributed by atoms with Crippen molar-refractivity contribution in [3.63, 3.8) is 0 Å². The van der Waals surface area contributed by atoms with E-state index in [-0.39, 0.29) is 22.9 Å². The molecule has 1 aromatic heterocycles. The Hall–Kier alpha value is -1.62. The average molecular weight is 249 g/mol. The molecule has 5 heteroatoms. The summed E-state index contributed by atoms with van der Waals surface area (Å²) in [6, 6.07) is 1.58. The number of amides is 1. The van der Waals surface area contributed by atoms with Crippen LogP contribution in [-0.4, -0.2) is 41.5 Å². The first kappa shape index (κ1) is 12.8. The van der Waals surface area contributed by atoms with Gasteiger partial charge in [-0.2, -0.15) is 0 Å². The topological polar surface area (TPSA) is 65.2 Å². The number of hydrogen-bond acceptors (Lipinski definition) is 3. The van der Waals surface area contributed by atoms with Gasteiger partial charge >= 0.3 is 0 Å². The van der Waals surface area contributed by atoms with Crippen LogP contribution in [0.4, 0.5) is 0 Å². The fourth-order valence-corrected chi connectivity index (χ4v) is 2.41. The van der Waals surface area contributed by atoms with Gasteiger partial charge in [0.1, 0.15) is 5.56 Å². The molecule has 1 fully saturated rings. The molecule has 2 heterocycles. The Kier molecular flexibility index (Phi) is 4.15. The van der Waals surface area contributed by atoms with E-state index in [9.17, 15) is 9.59 Å². The minimum atomic E-state index is -0.221. The number of aromatic nitrogens is 1. The number of carbonyl (C=O) groups is 1. The van der Waals surface area contributed by atoms with Crippen molar-refractivity contribution in [2.24, 2.45) is 0 Å². The van der Waals surface area contributed by atoms with Gasteiger partial charge in [-0.25, -0.2) is 0 Å². The molecule has 0 saturated carbocycles. The third kappa shape index (κ3) is 2.61. The first-order chi connectivity index (χ1) is 8.74. The number of nitrogens with one attached hydrogen (secondary N) is 2. The van der Waals surface area contributed by atoms with E-state index >= 15 is 0 Å². The Bertz CT molecular complexity index is 463. The molecule has 1 saturated heterocycles. The molecule has 1 aromatic rings. The second-order valence-electron chi connectivity index (χ2n) is 4.51. The van der Waals surface area contributed by atoms with Gasteiger partial charge in [-0.15, -0.1) is 0 Å². The number of nitrogens with zero attached hydrogens (tertiary/aromatic N) is 1. The molecule has 0 radical (unpaired) electrons. The van der Waals surface area contributed by atoms with E-state index in [4.69, 9.17) is 0 Å². The maximum absolute atomic E-state index is 12.4. The molecule has 2 rings (SSSR count). The van der Waals surface area contributed by atoms with Crippen molar-refractivity contribution in [3.05, 3.63) is 34.2 Å². The SMILES string of the molecule is CCN(C(=O)c1c[nH]ccc1=O)C1CCCNC1. The van der Waals surface area contributed by atoms with Crippen molar-refractivity contribution in [2.45, 2.75) is 25.8 Å². The van der Waals surface area contributed by atoms with Crippen LogP contribution in [0.1, 0.15) is 30.1 Å². The van der Waals surface area contributed by atoms with Gasteiger partial charge in [0.15, 0.2) is 5.43 Å². The van der Waals surface area contributed by atoms with Crippen LogP contribution in [0.2, 0.25) is 0 Å². The first-order valence-electron chi connectivity index (χ1n) is 6.43. The van der Waals surface area contributed by atoms with E-state index in [2.05, 4.69) is 10.3 Å². The maximum Gasteiger partial charge on any atom is 0.259 e. The maximum atomic E-state index is 12.4. The van der Waals surface area contributed by atoms with Gasteiger partial charge in [-0.1, -0.05) is 0 Å². The van der Waals surface area contributed by atoms with E-state index in [0.717, 1.165) is 25.9 Å². The summed E-state index contributed by atoms with van der Waals surface area (Å²) in [4.78, 5) is 28.6. The van der Waals surface area contributed by atoms with Crippen LogP contribution in [0.3, 0.4) is 0 Å². The third-order valence-corrected chi connectivity index (χ3v) is 3.37. The van der Waals surface area contributed by atoms with Gasteiger partial charge < -0.3 is 15.2 Å². The van der Waals surface area contributed by atoms with Crippen molar-refractivity contribution in [2.75, 3.05) is 19.6 Å². The number of pyridine rings is 1. The molecule has 2 N–H and O–H groups in total. The molecule has 5 nitrogen and oxygen atoms in total. The molecule has 1 amide bonds. The number of H-pyrrole nitrogens is 1. The number of hydrogen-bond donors (Lipinski definition) is 2. The van der Waals surface area contributed by atoms with Crippen LogP contribution in [0.5, 0.6) is 0 Å². The molecule has 0 aliphatic carbocycles. The van der Waals surface area contributed by atoms with Gasteiger partial charge in [0.25, 0.3) is 5.91 Å². The van der Waals surface area contributed by atoms with E-state index in [1.54, 1.807) is 4.90 Å². The summed E-state index contributed by atoms with van der Waals surface area (Å²) in [5, 5.41) is 3.29. The summed E-state index contributed by atoms with van der Waals surface area (Å²) in [6.45, 7) is 4.39. The lowest BCUT2D eigenvalue weighted by molar-refractivity contribution is 0.0660. The van der Waals surface area contributed by atoms with Crippen LogP contribution in [0, 0.1) is 0 Å². The summed E-state index contributed by atoms with van der Waals surface area (Å²) in [5.74, 6) is -0.173. The second-order valence-corrected chi connectivity index (χ2v) is 4.51. The Morgan fingerprint density at radius 1 is 1.56 bits per heavy atom. The zero-order valence-electron chi connectivity index (χ0n) is 10.6. The lowest BCUT2D eigenvalue weighted by Crippen LogP contribution is -2.49. The standard InChI is InChI=1S/C13H19N3O2/c1-2-16(10-4-3-6-14-8-10)13(18)11-9-15-7-5-12(11)17/h5,7,9-10,14H,2-4,6,8H2,1H3,(H,15,17). The van der Waals surface area contributed by atoms with E-state index in [1.165, 1.54) is 18.5 Å². The molecule has 1 unspecified atom stereocenters. The summed E-state index contributed by atoms with van der Waals surface area (Å²) >= 11 is 0. The van der Waals surface area contributed by atoms with Crippen LogP contribution in [-0.2, 0) is 0 Å². The number of carbonyl (C=O) groups excluding carboxylic acids is 1. The quantitative estimate of drug-likeness (QED) is 0.824. The van der Waals surface area contributed by atoms with Gasteiger partial charge in [-0.05, 0) is 26.3 Å². The summed E-state index contributed by atoms with van der Waals surface area (Å²) in [5.41, 5.74) is 0.00546. The first-order valence-corrected chi connectivity index (χ1v) is 6.43. The lowest BCUT2D eigenvalue weighted by Gasteiger charge is -2.33. The van der Waals surface area contributed by atoms with Crippen molar-refractivity contribution >= 4 is 5.91 Å². The summed E-state index contributed by atoms with van der Waals surface area (Å²) < 4.78 is 0. The van der Waals surface area contributed by atoms with E-state index in [0.29, 0.717) is 6.54 Å². The molecule has 98 valence electrons. The normalized spacial score (nSPS) is 19.5. The fraction of sp³-hybridized carbons (Fsp3) is 0.538. The molecule has 0 bridgehead atoms. The number of likely N-dealkylation sites (N-methyl/N-ethyl adjacent to an activating group) is 1. The highest BCUT2D eigenvalue weighted by molar-refractivity contribution is 5.94. The highest BCUT2D eigenvalue weighted by Crippen LogP contribution is 2.12. The highest BCUT2D eigenvalue weighted by atomic mass is 16.2. The van der Waals surface area contributed by atoms with Gasteiger partial charge in [0, 0.05) is 37.6 Å². The van der Waals surface area contributed by atoms with Crippen molar-refractivity contribution < 1.29 is 4.79 Å². The van der Waals surface area contributed by atoms with E-state index < -0.39 is 0 Å². The van der Waals surface area contributed by atoms with Gasteiger partial charge in [0.2, 0.25) is 0 Å². The molecular weight excluding hydrogens is 230 g/mol. The van der Waals surface area contributed by atoms with Crippen molar-refractivity contribution in [1.29, 1.82) is 0 Å². The molecule has 1 aliphatic heterocycles. The minimum Gasteiger partial charge on any atom is -0.367 e. The molecular formula is C13H19N3O2. The number of piperidine rings is 1. The molecule has 1 atom stereocenters. The van der Waals surface area contributed by atoms with Crippen molar-refractivity contribution in [1.82, 2.24) is 15.2 Å². The summed E-state index contributed by atoms with van der Waals surface area (Å²) in [6.07, 6.45) is 5.10. The number of aromatic amines is 1.